The number of hydrogen-bond acceptors (Lipinski definition) is 2. The van der Waals surface area contributed by atoms with Crippen LogP contribution in [0.15, 0.2) is 6.07 Å². The van der Waals surface area contributed by atoms with Crippen LogP contribution in [0.2, 0.25) is 0 Å². The van der Waals surface area contributed by atoms with Gasteiger partial charge in [0, 0.05) is 12.2 Å². The molecule has 0 aliphatic carbocycles. The molecule has 0 aromatic heterocycles. The highest BCUT2D eigenvalue weighted by molar-refractivity contribution is 5.42. The van der Waals surface area contributed by atoms with Crippen LogP contribution in [0.5, 0.6) is 5.75 Å². The molecule has 0 N–H and O–H groups in total. The van der Waals surface area contributed by atoms with Crippen molar-refractivity contribution in [2.24, 2.45) is 0 Å². The average molecular weight is 300 g/mol. The maximum atomic E-state index is 14.3. The Kier molecular flexibility index (Phi) is 7.09. The first-order valence-electron chi connectivity index (χ1n) is 7.62. The molecule has 1 aromatic carbocycles. The Bertz CT molecular complexity index is 457. The normalized spacial score (nSPS) is 11.5. The molecule has 0 heterocycles. The number of hydrogen-bond donors (Lipinski definition) is 0. The lowest BCUT2D eigenvalue weighted by atomic mass is 9.94. The van der Waals surface area contributed by atoms with Crippen LogP contribution >= 0.6 is 0 Å². The van der Waals surface area contributed by atoms with Gasteiger partial charge >= 0.3 is 0 Å². The second kappa shape index (κ2) is 8.32. The van der Waals surface area contributed by atoms with E-state index in [1.54, 1.807) is 6.07 Å². The summed E-state index contributed by atoms with van der Waals surface area (Å²) in [7, 11) is 0. The SMILES string of the molecule is CCCOCCOc1c(C(C)C)cc(C(C)C)c(F)c1F. The van der Waals surface area contributed by atoms with Crippen molar-refractivity contribution in [1.82, 2.24) is 0 Å². The molecule has 1 aromatic rings. The van der Waals surface area contributed by atoms with Crippen molar-refractivity contribution in [2.45, 2.75) is 52.9 Å². The lowest BCUT2D eigenvalue weighted by Gasteiger charge is -2.19. The second-order valence-corrected chi connectivity index (χ2v) is 5.78. The molecule has 21 heavy (non-hydrogen) atoms. The first-order chi connectivity index (χ1) is 9.90. The maximum absolute atomic E-state index is 14.3. The van der Waals surface area contributed by atoms with E-state index in [1.807, 2.05) is 34.6 Å². The molecular weight excluding hydrogens is 274 g/mol. The zero-order chi connectivity index (χ0) is 16.0. The summed E-state index contributed by atoms with van der Waals surface area (Å²) in [5.41, 5.74) is 1.10. The van der Waals surface area contributed by atoms with E-state index >= 15 is 0 Å². The van der Waals surface area contributed by atoms with Gasteiger partial charge in [0.25, 0.3) is 0 Å². The van der Waals surface area contributed by atoms with Crippen LogP contribution in [0.1, 0.15) is 64.0 Å². The Labute approximate surface area is 126 Å². The van der Waals surface area contributed by atoms with E-state index in [1.165, 1.54) is 0 Å². The quantitative estimate of drug-likeness (QED) is 0.628. The third-order valence-corrected chi connectivity index (χ3v) is 3.29. The average Bonchev–Trinajstić information content (AvgIpc) is 2.42. The van der Waals surface area contributed by atoms with Crippen LogP contribution in [0, 0.1) is 11.6 Å². The number of benzene rings is 1. The third-order valence-electron chi connectivity index (χ3n) is 3.29. The number of rotatable bonds is 8. The Morgan fingerprint density at radius 3 is 2.05 bits per heavy atom. The summed E-state index contributed by atoms with van der Waals surface area (Å²) < 4.78 is 39.1. The summed E-state index contributed by atoms with van der Waals surface area (Å²) >= 11 is 0. The highest BCUT2D eigenvalue weighted by atomic mass is 19.2. The van der Waals surface area contributed by atoms with Gasteiger partial charge in [-0.25, -0.2) is 4.39 Å². The molecular formula is C17H26F2O2. The Morgan fingerprint density at radius 1 is 0.905 bits per heavy atom. The minimum atomic E-state index is -0.889. The molecule has 0 fully saturated rings. The Hall–Kier alpha value is -1.16. The summed E-state index contributed by atoms with van der Waals surface area (Å²) in [6.45, 7) is 10.8. The fourth-order valence-corrected chi connectivity index (χ4v) is 2.09. The van der Waals surface area contributed by atoms with Gasteiger partial charge in [-0.2, -0.15) is 4.39 Å². The lowest BCUT2D eigenvalue weighted by Crippen LogP contribution is -2.12. The highest BCUT2D eigenvalue weighted by Crippen LogP contribution is 2.35. The topological polar surface area (TPSA) is 18.5 Å². The van der Waals surface area contributed by atoms with Gasteiger partial charge in [-0.15, -0.1) is 0 Å². The molecule has 0 aliphatic heterocycles. The van der Waals surface area contributed by atoms with Gasteiger partial charge in [0.1, 0.15) is 6.61 Å². The van der Waals surface area contributed by atoms with Crippen molar-refractivity contribution in [3.8, 4) is 5.75 Å². The first kappa shape index (κ1) is 17.9. The van der Waals surface area contributed by atoms with Gasteiger partial charge in [0.15, 0.2) is 11.6 Å². The Morgan fingerprint density at radius 2 is 1.52 bits per heavy atom. The van der Waals surface area contributed by atoms with Crippen LogP contribution in [0.3, 0.4) is 0 Å². The number of halogens is 2. The maximum Gasteiger partial charge on any atom is 0.201 e. The van der Waals surface area contributed by atoms with Crippen LogP contribution < -0.4 is 4.74 Å². The molecule has 4 heteroatoms. The molecule has 2 nitrogen and oxygen atoms in total. The molecule has 0 aliphatic rings. The minimum Gasteiger partial charge on any atom is -0.488 e. The molecule has 0 saturated heterocycles. The van der Waals surface area contributed by atoms with Crippen molar-refractivity contribution in [3.05, 3.63) is 28.8 Å². The van der Waals surface area contributed by atoms with Gasteiger partial charge in [-0.05, 0) is 29.9 Å². The van der Waals surface area contributed by atoms with Crippen LogP contribution in [0.25, 0.3) is 0 Å². The van der Waals surface area contributed by atoms with Crippen molar-refractivity contribution in [3.63, 3.8) is 0 Å². The zero-order valence-corrected chi connectivity index (χ0v) is 13.6. The van der Waals surface area contributed by atoms with Crippen LogP contribution in [-0.2, 0) is 4.74 Å². The standard InChI is InChI=1S/C17H26F2O2/c1-6-7-20-8-9-21-17-14(12(4)5)10-13(11(2)3)15(18)16(17)19/h10-12H,6-9H2,1-5H3. The molecule has 0 spiro atoms. The van der Waals surface area contributed by atoms with Crippen molar-refractivity contribution >= 4 is 0 Å². The van der Waals surface area contributed by atoms with E-state index < -0.39 is 11.6 Å². The summed E-state index contributed by atoms with van der Waals surface area (Å²) in [4.78, 5) is 0. The minimum absolute atomic E-state index is 0.0204. The van der Waals surface area contributed by atoms with E-state index in [4.69, 9.17) is 9.47 Å². The molecule has 0 saturated carbocycles. The highest BCUT2D eigenvalue weighted by Gasteiger charge is 2.22. The smallest absolute Gasteiger partial charge is 0.201 e. The summed E-state index contributed by atoms with van der Waals surface area (Å²) in [6, 6.07) is 1.72. The predicted octanol–water partition coefficient (Wildman–Crippen LogP) is 5.02. The first-order valence-corrected chi connectivity index (χ1v) is 7.62. The van der Waals surface area contributed by atoms with Gasteiger partial charge in [-0.1, -0.05) is 34.6 Å². The predicted molar refractivity (Wildman–Crippen MR) is 81.1 cm³/mol. The summed E-state index contributed by atoms with van der Waals surface area (Å²) in [5.74, 6) is -1.69. The molecule has 0 radical (unpaired) electrons. The van der Waals surface area contributed by atoms with E-state index in [2.05, 4.69) is 0 Å². The summed E-state index contributed by atoms with van der Waals surface area (Å²) in [6.07, 6.45) is 0.920. The van der Waals surface area contributed by atoms with Gasteiger partial charge in [0.05, 0.1) is 6.61 Å². The molecule has 1 rings (SSSR count). The Balaban J connectivity index is 2.98. The van der Waals surface area contributed by atoms with Crippen LogP contribution in [-0.4, -0.2) is 19.8 Å². The largest absolute Gasteiger partial charge is 0.488 e. The van der Waals surface area contributed by atoms with E-state index in [0.29, 0.717) is 24.3 Å². The van der Waals surface area contributed by atoms with Gasteiger partial charge in [-0.3, -0.25) is 0 Å². The monoisotopic (exact) mass is 300 g/mol. The zero-order valence-electron chi connectivity index (χ0n) is 13.6. The second-order valence-electron chi connectivity index (χ2n) is 5.78. The van der Waals surface area contributed by atoms with Gasteiger partial charge in [0.2, 0.25) is 5.82 Å². The van der Waals surface area contributed by atoms with Gasteiger partial charge < -0.3 is 9.47 Å². The molecule has 0 unspecified atom stereocenters. The molecule has 120 valence electrons. The van der Waals surface area contributed by atoms with E-state index in [0.717, 1.165) is 6.42 Å². The molecule has 0 bridgehead atoms. The van der Waals surface area contributed by atoms with E-state index in [-0.39, 0.29) is 24.2 Å². The lowest BCUT2D eigenvalue weighted by molar-refractivity contribution is 0.0983. The third kappa shape index (κ3) is 4.67. The van der Waals surface area contributed by atoms with Crippen LogP contribution in [0.4, 0.5) is 8.78 Å². The van der Waals surface area contributed by atoms with Crippen molar-refractivity contribution in [1.29, 1.82) is 0 Å². The fourth-order valence-electron chi connectivity index (χ4n) is 2.09. The molecule has 0 atom stereocenters. The number of ether oxygens (including phenoxy) is 2. The summed E-state index contributed by atoms with van der Waals surface area (Å²) in [5, 5.41) is 0. The van der Waals surface area contributed by atoms with Crippen molar-refractivity contribution < 1.29 is 18.3 Å². The van der Waals surface area contributed by atoms with Crippen molar-refractivity contribution in [2.75, 3.05) is 19.8 Å². The molecule has 0 amide bonds. The van der Waals surface area contributed by atoms with E-state index in [9.17, 15) is 8.78 Å². The fraction of sp³-hybridized carbons (Fsp3) is 0.647.